The fourth-order valence-electron chi connectivity index (χ4n) is 1.33. The van der Waals surface area contributed by atoms with E-state index < -0.39 is 29.9 Å². The van der Waals surface area contributed by atoms with Crippen LogP contribution in [0.2, 0.25) is 0 Å². The lowest BCUT2D eigenvalue weighted by atomic mass is 10.0. The maximum absolute atomic E-state index is 11.5. The Morgan fingerprint density at radius 2 is 1.63 bits per heavy atom. The molecular weight excluding hydrogens is 250 g/mol. The quantitative estimate of drug-likeness (QED) is 0.489. The number of aliphatic carboxylic acids is 1. The van der Waals surface area contributed by atoms with E-state index in [9.17, 15) is 14.4 Å². The third-order valence-electron chi connectivity index (χ3n) is 2.69. The van der Waals surface area contributed by atoms with Gasteiger partial charge in [0.1, 0.15) is 6.04 Å². The maximum atomic E-state index is 11.5. The lowest BCUT2D eigenvalue weighted by Gasteiger charge is -2.19. The molecule has 0 aromatic rings. The first kappa shape index (κ1) is 17.4. The molecule has 7 nitrogen and oxygen atoms in total. The number of amides is 2. The molecule has 0 aromatic heterocycles. The molecule has 2 amide bonds. The molecule has 0 aromatic carbocycles. The summed E-state index contributed by atoms with van der Waals surface area (Å²) in [6, 6.07) is -1.66. The monoisotopic (exact) mass is 273 g/mol. The smallest absolute Gasteiger partial charge is 0.326 e. The van der Waals surface area contributed by atoms with Crippen molar-refractivity contribution in [1.29, 1.82) is 0 Å². The highest BCUT2D eigenvalue weighted by Crippen LogP contribution is 2.01. The number of carboxylic acid groups (broad SMARTS) is 1. The minimum absolute atomic E-state index is 0.0366. The Bertz CT molecular complexity index is 342. The second-order valence-corrected chi connectivity index (χ2v) is 5.12. The summed E-state index contributed by atoms with van der Waals surface area (Å²) in [4.78, 5) is 33.9. The maximum Gasteiger partial charge on any atom is 0.326 e. The van der Waals surface area contributed by atoms with Crippen LogP contribution in [-0.2, 0) is 14.4 Å². The van der Waals surface area contributed by atoms with E-state index in [2.05, 4.69) is 10.6 Å². The molecule has 110 valence electrons. The fraction of sp³-hybridized carbons (Fsp3) is 0.750. The molecule has 0 rings (SSSR count). The number of carboxylic acids is 1. The van der Waals surface area contributed by atoms with E-state index in [1.54, 1.807) is 27.7 Å². The molecule has 0 aliphatic heterocycles. The van der Waals surface area contributed by atoms with Crippen molar-refractivity contribution in [1.82, 2.24) is 10.6 Å². The molecule has 0 saturated heterocycles. The molecule has 0 radical (unpaired) electrons. The molecular formula is C12H23N3O4. The van der Waals surface area contributed by atoms with Gasteiger partial charge in [-0.05, 0) is 11.8 Å². The predicted octanol–water partition coefficient (Wildman–Crippen LogP) is -0.689. The van der Waals surface area contributed by atoms with Crippen LogP contribution >= 0.6 is 0 Å². The first-order valence-corrected chi connectivity index (χ1v) is 6.22. The molecule has 5 N–H and O–H groups in total. The van der Waals surface area contributed by atoms with Gasteiger partial charge in [-0.3, -0.25) is 9.59 Å². The Morgan fingerprint density at radius 3 is 2.00 bits per heavy atom. The summed E-state index contributed by atoms with van der Waals surface area (Å²) < 4.78 is 0. The molecule has 19 heavy (non-hydrogen) atoms. The molecule has 0 spiro atoms. The Kier molecular flexibility index (Phi) is 7.06. The van der Waals surface area contributed by atoms with E-state index in [4.69, 9.17) is 10.8 Å². The second kappa shape index (κ2) is 7.73. The summed E-state index contributed by atoms with van der Waals surface area (Å²) >= 11 is 0. The van der Waals surface area contributed by atoms with Crippen molar-refractivity contribution in [2.75, 3.05) is 6.54 Å². The largest absolute Gasteiger partial charge is 0.480 e. The van der Waals surface area contributed by atoms with Crippen LogP contribution in [0.25, 0.3) is 0 Å². The summed E-state index contributed by atoms with van der Waals surface area (Å²) in [5, 5.41) is 13.6. The number of hydrogen-bond acceptors (Lipinski definition) is 4. The highest BCUT2D eigenvalue weighted by Gasteiger charge is 2.24. The van der Waals surface area contributed by atoms with Gasteiger partial charge >= 0.3 is 5.97 Å². The van der Waals surface area contributed by atoms with Gasteiger partial charge in [0, 0.05) is 0 Å². The predicted molar refractivity (Wildman–Crippen MR) is 70.2 cm³/mol. The highest BCUT2D eigenvalue weighted by molar-refractivity contribution is 5.89. The zero-order chi connectivity index (χ0) is 15.2. The summed E-state index contributed by atoms with van der Waals surface area (Å²) in [6.45, 7) is 6.68. The first-order chi connectivity index (χ1) is 8.66. The lowest BCUT2D eigenvalue weighted by Crippen LogP contribution is -2.50. The summed E-state index contributed by atoms with van der Waals surface area (Å²) in [7, 11) is 0. The standard InChI is InChI=1S/C12H23N3O4/c1-6(2)9(13)11(17)14-5-8(16)15-10(7(3)4)12(18)19/h6-7,9-10H,5,13H2,1-4H3,(H,14,17)(H,15,16)(H,18,19)/t9-,10+/m0/s1. The van der Waals surface area contributed by atoms with Gasteiger partial charge in [0.15, 0.2) is 0 Å². The Hall–Kier alpha value is -1.63. The zero-order valence-corrected chi connectivity index (χ0v) is 11.8. The highest BCUT2D eigenvalue weighted by atomic mass is 16.4. The number of carbonyl (C=O) groups excluding carboxylic acids is 2. The SMILES string of the molecule is CC(C)[C@H](N)C(=O)NCC(=O)N[C@@H](C(=O)O)C(C)C. The number of nitrogens with one attached hydrogen (secondary N) is 2. The van der Waals surface area contributed by atoms with E-state index in [-0.39, 0.29) is 18.4 Å². The minimum atomic E-state index is -1.10. The molecule has 7 heteroatoms. The third kappa shape index (κ3) is 6.19. The van der Waals surface area contributed by atoms with Gasteiger partial charge in [0.05, 0.1) is 12.6 Å². The van der Waals surface area contributed by atoms with Crippen molar-refractivity contribution >= 4 is 17.8 Å². The van der Waals surface area contributed by atoms with Gasteiger partial charge in [-0.1, -0.05) is 27.7 Å². The van der Waals surface area contributed by atoms with Gasteiger partial charge in [-0.15, -0.1) is 0 Å². The van der Waals surface area contributed by atoms with Crippen LogP contribution in [0.3, 0.4) is 0 Å². The Morgan fingerprint density at radius 1 is 1.11 bits per heavy atom. The third-order valence-corrected chi connectivity index (χ3v) is 2.69. The topological polar surface area (TPSA) is 122 Å². The molecule has 0 saturated carbocycles. The molecule has 0 fully saturated rings. The zero-order valence-electron chi connectivity index (χ0n) is 11.8. The van der Waals surface area contributed by atoms with Crippen molar-refractivity contribution in [3.05, 3.63) is 0 Å². The van der Waals surface area contributed by atoms with Gasteiger partial charge in [-0.2, -0.15) is 0 Å². The van der Waals surface area contributed by atoms with E-state index >= 15 is 0 Å². The van der Waals surface area contributed by atoms with Crippen LogP contribution in [0.1, 0.15) is 27.7 Å². The summed E-state index contributed by atoms with van der Waals surface area (Å²) in [5.74, 6) is -2.36. The second-order valence-electron chi connectivity index (χ2n) is 5.12. The number of carbonyl (C=O) groups is 3. The molecule has 0 aliphatic rings. The van der Waals surface area contributed by atoms with Crippen molar-refractivity contribution in [2.45, 2.75) is 39.8 Å². The molecule has 2 atom stereocenters. The van der Waals surface area contributed by atoms with E-state index in [0.717, 1.165) is 0 Å². The number of hydrogen-bond donors (Lipinski definition) is 4. The number of nitrogens with two attached hydrogens (primary N) is 1. The van der Waals surface area contributed by atoms with Crippen molar-refractivity contribution in [3.8, 4) is 0 Å². The molecule has 0 unspecified atom stereocenters. The van der Waals surface area contributed by atoms with Crippen LogP contribution in [0.15, 0.2) is 0 Å². The van der Waals surface area contributed by atoms with Crippen LogP contribution in [0.4, 0.5) is 0 Å². The van der Waals surface area contributed by atoms with Gasteiger partial charge in [-0.25, -0.2) is 4.79 Å². The van der Waals surface area contributed by atoms with E-state index in [0.29, 0.717) is 0 Å². The van der Waals surface area contributed by atoms with Gasteiger partial charge in [0.25, 0.3) is 0 Å². The minimum Gasteiger partial charge on any atom is -0.480 e. The van der Waals surface area contributed by atoms with Gasteiger partial charge < -0.3 is 21.5 Å². The average Bonchev–Trinajstić information content (AvgIpc) is 2.30. The average molecular weight is 273 g/mol. The van der Waals surface area contributed by atoms with Crippen LogP contribution in [0.5, 0.6) is 0 Å². The lowest BCUT2D eigenvalue weighted by molar-refractivity contribution is -0.143. The van der Waals surface area contributed by atoms with Crippen LogP contribution in [-0.4, -0.2) is 41.5 Å². The van der Waals surface area contributed by atoms with Crippen LogP contribution in [0, 0.1) is 11.8 Å². The Balaban J connectivity index is 4.26. The van der Waals surface area contributed by atoms with Crippen molar-refractivity contribution in [2.24, 2.45) is 17.6 Å². The molecule has 0 bridgehead atoms. The first-order valence-electron chi connectivity index (χ1n) is 6.22. The molecule has 0 aliphatic carbocycles. The summed E-state index contributed by atoms with van der Waals surface area (Å²) in [6.07, 6.45) is 0. The van der Waals surface area contributed by atoms with E-state index in [1.165, 1.54) is 0 Å². The molecule has 0 heterocycles. The van der Waals surface area contributed by atoms with Crippen LogP contribution < -0.4 is 16.4 Å². The normalized spacial score (nSPS) is 14.1. The van der Waals surface area contributed by atoms with Gasteiger partial charge in [0.2, 0.25) is 11.8 Å². The van der Waals surface area contributed by atoms with Crippen molar-refractivity contribution < 1.29 is 19.5 Å². The summed E-state index contributed by atoms with van der Waals surface area (Å²) in [5.41, 5.74) is 5.61. The number of rotatable bonds is 7. The van der Waals surface area contributed by atoms with Crippen molar-refractivity contribution in [3.63, 3.8) is 0 Å². The van der Waals surface area contributed by atoms with E-state index in [1.807, 2.05) is 0 Å². The Labute approximate surface area is 112 Å². The fourth-order valence-corrected chi connectivity index (χ4v) is 1.33.